The molecule has 0 bridgehead atoms. The SMILES string of the molecule is Cc1nc(C)n(CC(O)COc2cccc(N)c2)n1. The van der Waals surface area contributed by atoms with Gasteiger partial charge in [-0.3, -0.25) is 0 Å². The Hall–Kier alpha value is -2.08. The zero-order chi connectivity index (χ0) is 13.8. The normalized spacial score (nSPS) is 12.4. The molecule has 1 aromatic heterocycles. The highest BCUT2D eigenvalue weighted by Crippen LogP contribution is 2.14. The van der Waals surface area contributed by atoms with Gasteiger partial charge in [-0.25, -0.2) is 9.67 Å². The molecule has 0 fully saturated rings. The molecule has 1 heterocycles. The summed E-state index contributed by atoms with van der Waals surface area (Å²) in [5.74, 6) is 2.12. The highest BCUT2D eigenvalue weighted by molar-refractivity contribution is 5.43. The van der Waals surface area contributed by atoms with Gasteiger partial charge in [0.2, 0.25) is 0 Å². The van der Waals surface area contributed by atoms with Gasteiger partial charge in [-0.1, -0.05) is 6.07 Å². The molecule has 1 atom stereocenters. The second-order valence-corrected chi connectivity index (χ2v) is 4.43. The van der Waals surface area contributed by atoms with Crippen LogP contribution in [0.4, 0.5) is 5.69 Å². The molecule has 0 aliphatic carbocycles. The summed E-state index contributed by atoms with van der Waals surface area (Å²) >= 11 is 0. The fraction of sp³-hybridized carbons (Fsp3) is 0.385. The van der Waals surface area contributed by atoms with E-state index < -0.39 is 6.10 Å². The Balaban J connectivity index is 1.88. The first kappa shape index (κ1) is 13.4. The Kier molecular flexibility index (Phi) is 4.01. The van der Waals surface area contributed by atoms with E-state index in [1.165, 1.54) is 0 Å². The van der Waals surface area contributed by atoms with Crippen molar-refractivity contribution in [1.29, 1.82) is 0 Å². The van der Waals surface area contributed by atoms with Crippen LogP contribution in [0, 0.1) is 13.8 Å². The van der Waals surface area contributed by atoms with E-state index >= 15 is 0 Å². The molecule has 2 rings (SSSR count). The molecule has 1 aromatic carbocycles. The average molecular weight is 262 g/mol. The molecule has 0 radical (unpaired) electrons. The third kappa shape index (κ3) is 3.69. The van der Waals surface area contributed by atoms with E-state index in [9.17, 15) is 5.11 Å². The largest absolute Gasteiger partial charge is 0.491 e. The molecule has 19 heavy (non-hydrogen) atoms. The lowest BCUT2D eigenvalue weighted by Crippen LogP contribution is -2.24. The maximum absolute atomic E-state index is 9.92. The molecular weight excluding hydrogens is 244 g/mol. The van der Waals surface area contributed by atoms with Gasteiger partial charge in [-0.05, 0) is 26.0 Å². The summed E-state index contributed by atoms with van der Waals surface area (Å²) in [6, 6.07) is 7.11. The van der Waals surface area contributed by atoms with Crippen LogP contribution in [0.25, 0.3) is 0 Å². The van der Waals surface area contributed by atoms with Gasteiger partial charge >= 0.3 is 0 Å². The highest BCUT2D eigenvalue weighted by atomic mass is 16.5. The molecule has 2 aromatic rings. The second-order valence-electron chi connectivity index (χ2n) is 4.43. The Bertz CT molecular complexity index is 553. The summed E-state index contributed by atoms with van der Waals surface area (Å²) in [6.45, 7) is 4.21. The van der Waals surface area contributed by atoms with Gasteiger partial charge in [0.15, 0.2) is 0 Å². The van der Waals surface area contributed by atoms with Crippen molar-refractivity contribution in [3.63, 3.8) is 0 Å². The van der Waals surface area contributed by atoms with E-state index in [0.717, 1.165) is 5.82 Å². The topological polar surface area (TPSA) is 86.2 Å². The standard InChI is InChI=1S/C13H18N4O2/c1-9-15-10(2)17(16-9)7-12(18)8-19-13-5-3-4-11(14)6-13/h3-6,12,18H,7-8,14H2,1-2H3. The van der Waals surface area contributed by atoms with Crippen LogP contribution < -0.4 is 10.5 Å². The summed E-state index contributed by atoms with van der Waals surface area (Å²) in [4.78, 5) is 4.18. The molecule has 102 valence electrons. The Labute approximate surface area is 111 Å². The highest BCUT2D eigenvalue weighted by Gasteiger charge is 2.10. The van der Waals surface area contributed by atoms with Crippen molar-refractivity contribution in [3.8, 4) is 5.75 Å². The van der Waals surface area contributed by atoms with Crippen molar-refractivity contribution in [1.82, 2.24) is 14.8 Å². The van der Waals surface area contributed by atoms with E-state index in [1.807, 2.05) is 19.9 Å². The number of aliphatic hydroxyl groups is 1. The van der Waals surface area contributed by atoms with E-state index in [4.69, 9.17) is 10.5 Å². The van der Waals surface area contributed by atoms with Crippen molar-refractivity contribution >= 4 is 5.69 Å². The van der Waals surface area contributed by atoms with Crippen LogP contribution in [0.2, 0.25) is 0 Å². The minimum Gasteiger partial charge on any atom is -0.491 e. The van der Waals surface area contributed by atoms with Gasteiger partial charge in [0.25, 0.3) is 0 Å². The molecule has 0 aliphatic rings. The lowest BCUT2D eigenvalue weighted by molar-refractivity contribution is 0.0886. The van der Waals surface area contributed by atoms with Crippen molar-refractivity contribution < 1.29 is 9.84 Å². The zero-order valence-corrected chi connectivity index (χ0v) is 11.1. The van der Waals surface area contributed by atoms with Crippen molar-refractivity contribution in [3.05, 3.63) is 35.9 Å². The molecular formula is C13H18N4O2. The number of rotatable bonds is 5. The maximum atomic E-state index is 9.92. The second kappa shape index (κ2) is 5.71. The summed E-state index contributed by atoms with van der Waals surface area (Å²) in [5, 5.41) is 14.1. The van der Waals surface area contributed by atoms with Crippen LogP contribution in [0.5, 0.6) is 5.75 Å². The average Bonchev–Trinajstić information content (AvgIpc) is 2.65. The van der Waals surface area contributed by atoms with E-state index in [1.54, 1.807) is 22.9 Å². The first-order valence-electron chi connectivity index (χ1n) is 6.09. The summed E-state index contributed by atoms with van der Waals surface area (Å²) in [7, 11) is 0. The number of nitrogens with two attached hydrogens (primary N) is 1. The summed E-state index contributed by atoms with van der Waals surface area (Å²) < 4.78 is 7.15. The number of nitrogen functional groups attached to an aromatic ring is 1. The maximum Gasteiger partial charge on any atom is 0.147 e. The fourth-order valence-corrected chi connectivity index (χ4v) is 1.78. The monoisotopic (exact) mass is 262 g/mol. The van der Waals surface area contributed by atoms with E-state index in [0.29, 0.717) is 23.8 Å². The number of hydrogen-bond donors (Lipinski definition) is 2. The Morgan fingerprint density at radius 2 is 2.21 bits per heavy atom. The number of hydrogen-bond acceptors (Lipinski definition) is 5. The lowest BCUT2D eigenvalue weighted by Gasteiger charge is -2.13. The number of benzene rings is 1. The Morgan fingerprint density at radius 1 is 1.42 bits per heavy atom. The first-order chi connectivity index (χ1) is 9.04. The molecule has 3 N–H and O–H groups in total. The number of ether oxygens (including phenoxy) is 1. The molecule has 0 saturated heterocycles. The van der Waals surface area contributed by atoms with Crippen LogP contribution in [-0.2, 0) is 6.54 Å². The van der Waals surface area contributed by atoms with Crippen molar-refractivity contribution in [2.75, 3.05) is 12.3 Å². The summed E-state index contributed by atoms with van der Waals surface area (Å²) in [6.07, 6.45) is -0.652. The van der Waals surface area contributed by atoms with Gasteiger partial charge in [0.1, 0.15) is 30.1 Å². The van der Waals surface area contributed by atoms with Gasteiger partial charge < -0.3 is 15.6 Å². The minimum atomic E-state index is -0.652. The molecule has 6 nitrogen and oxygen atoms in total. The zero-order valence-electron chi connectivity index (χ0n) is 11.1. The van der Waals surface area contributed by atoms with Crippen LogP contribution in [0.1, 0.15) is 11.6 Å². The number of aryl methyl sites for hydroxylation is 2. The fourth-order valence-electron chi connectivity index (χ4n) is 1.78. The molecule has 0 aliphatic heterocycles. The lowest BCUT2D eigenvalue weighted by atomic mass is 10.3. The minimum absolute atomic E-state index is 0.182. The van der Waals surface area contributed by atoms with Crippen LogP contribution in [0.3, 0.4) is 0 Å². The Morgan fingerprint density at radius 3 is 2.84 bits per heavy atom. The van der Waals surface area contributed by atoms with Gasteiger partial charge in [0, 0.05) is 11.8 Å². The third-order valence-corrected chi connectivity index (χ3v) is 2.65. The number of nitrogens with zero attached hydrogens (tertiary/aromatic N) is 3. The smallest absolute Gasteiger partial charge is 0.147 e. The van der Waals surface area contributed by atoms with Crippen LogP contribution in [0.15, 0.2) is 24.3 Å². The number of aliphatic hydroxyl groups excluding tert-OH is 1. The van der Waals surface area contributed by atoms with Crippen molar-refractivity contribution in [2.45, 2.75) is 26.5 Å². The number of anilines is 1. The first-order valence-corrected chi connectivity index (χ1v) is 6.09. The number of aromatic nitrogens is 3. The van der Waals surface area contributed by atoms with Crippen LogP contribution >= 0.6 is 0 Å². The molecule has 0 saturated carbocycles. The quantitative estimate of drug-likeness (QED) is 0.782. The molecule has 0 spiro atoms. The van der Waals surface area contributed by atoms with Crippen molar-refractivity contribution in [2.24, 2.45) is 0 Å². The van der Waals surface area contributed by atoms with Gasteiger partial charge in [-0.15, -0.1) is 0 Å². The van der Waals surface area contributed by atoms with Gasteiger partial charge in [0.05, 0.1) is 6.54 Å². The molecule has 1 unspecified atom stereocenters. The third-order valence-electron chi connectivity index (χ3n) is 2.65. The summed E-state index contributed by atoms with van der Waals surface area (Å²) in [5.41, 5.74) is 6.28. The molecule has 0 amide bonds. The van der Waals surface area contributed by atoms with Gasteiger partial charge in [-0.2, -0.15) is 5.10 Å². The predicted molar refractivity (Wildman–Crippen MR) is 71.9 cm³/mol. The predicted octanol–water partition coefficient (Wildman–Crippen LogP) is 0.917. The van der Waals surface area contributed by atoms with E-state index in [-0.39, 0.29) is 6.61 Å². The van der Waals surface area contributed by atoms with E-state index in [2.05, 4.69) is 10.1 Å². The molecule has 6 heteroatoms. The van der Waals surface area contributed by atoms with Crippen LogP contribution in [-0.4, -0.2) is 32.6 Å².